The number of rotatable bonds is 7. The maximum Gasteiger partial charge on any atom is 0.0541 e. The van der Waals surface area contributed by atoms with Gasteiger partial charge in [-0.15, -0.1) is 0 Å². The van der Waals surface area contributed by atoms with Crippen LogP contribution in [0.1, 0.15) is 43.2 Å². The molecule has 16 rings (SSSR count). The lowest BCUT2D eigenvalue weighted by Crippen LogP contribution is -2.47. The van der Waals surface area contributed by atoms with Crippen LogP contribution in [0.2, 0.25) is 0 Å². The third-order valence-corrected chi connectivity index (χ3v) is 17.9. The molecular weight excluding hydrogens is 821 g/mol. The van der Waals surface area contributed by atoms with Crippen LogP contribution in [0.25, 0.3) is 72.0 Å². The summed E-state index contributed by atoms with van der Waals surface area (Å²) < 4.78 is 2.39. The molecule has 2 heteroatoms. The molecule has 6 aliphatic rings. The first-order valence-electron chi connectivity index (χ1n) is 25.2. The highest BCUT2D eigenvalue weighted by Crippen LogP contribution is 2.76. The largest absolute Gasteiger partial charge is 0.311 e. The summed E-state index contributed by atoms with van der Waals surface area (Å²) in [6.07, 6.45) is 7.26. The summed E-state index contributed by atoms with van der Waals surface area (Å²) in [6, 6.07) is 81.7. The summed E-state index contributed by atoms with van der Waals surface area (Å²) >= 11 is 0. The number of nitrogens with zero attached hydrogens (tertiary/aromatic N) is 2. The van der Waals surface area contributed by atoms with Crippen molar-refractivity contribution in [3.8, 4) is 50.2 Å². The molecule has 9 aromatic carbocycles. The van der Waals surface area contributed by atoms with Crippen molar-refractivity contribution in [1.29, 1.82) is 0 Å². The third kappa shape index (κ3) is 5.46. The van der Waals surface area contributed by atoms with Gasteiger partial charge in [-0.3, -0.25) is 0 Å². The Morgan fingerprint density at radius 1 is 0.397 bits per heavy atom. The fraction of sp³-hybridized carbons (Fsp3) is 0.182. The Morgan fingerprint density at radius 2 is 0.926 bits per heavy atom. The molecule has 1 aromatic heterocycles. The third-order valence-electron chi connectivity index (χ3n) is 17.9. The van der Waals surface area contributed by atoms with Gasteiger partial charge in [-0.25, -0.2) is 0 Å². The van der Waals surface area contributed by atoms with Crippen LogP contribution in [0.4, 0.5) is 17.1 Å². The first kappa shape index (κ1) is 38.7. The summed E-state index contributed by atoms with van der Waals surface area (Å²) in [4.78, 5) is 2.38. The minimum absolute atomic E-state index is 0.181. The summed E-state index contributed by atoms with van der Waals surface area (Å²) in [6.45, 7) is 0. The van der Waals surface area contributed by atoms with Crippen LogP contribution in [0, 0.1) is 35.5 Å². The van der Waals surface area contributed by atoms with Gasteiger partial charge in [0.05, 0.1) is 11.0 Å². The average Bonchev–Trinajstić information content (AvgIpc) is 4.05. The van der Waals surface area contributed by atoms with Crippen molar-refractivity contribution in [2.75, 3.05) is 4.90 Å². The first-order valence-corrected chi connectivity index (χ1v) is 25.2. The lowest BCUT2D eigenvalue weighted by Gasteiger charge is -2.50. The molecule has 0 N–H and O–H groups in total. The molecule has 0 aliphatic heterocycles. The van der Waals surface area contributed by atoms with Crippen molar-refractivity contribution in [3.05, 3.63) is 230 Å². The molecule has 10 aromatic rings. The fourth-order valence-corrected chi connectivity index (χ4v) is 15.4. The minimum Gasteiger partial charge on any atom is -0.311 e. The van der Waals surface area contributed by atoms with E-state index in [2.05, 4.69) is 228 Å². The van der Waals surface area contributed by atoms with Gasteiger partial charge in [0.1, 0.15) is 0 Å². The number of benzene rings is 9. The van der Waals surface area contributed by atoms with Gasteiger partial charge in [-0.2, -0.15) is 0 Å². The molecular formula is C66H52N2. The highest BCUT2D eigenvalue weighted by molar-refractivity contribution is 6.09. The molecule has 0 amide bonds. The molecule has 2 nitrogen and oxygen atoms in total. The zero-order valence-corrected chi connectivity index (χ0v) is 38.2. The Bertz CT molecular complexity index is 3510. The van der Waals surface area contributed by atoms with Crippen molar-refractivity contribution in [3.63, 3.8) is 0 Å². The van der Waals surface area contributed by atoms with Crippen LogP contribution in [-0.2, 0) is 5.41 Å². The zero-order chi connectivity index (χ0) is 44.5. The molecule has 68 heavy (non-hydrogen) atoms. The van der Waals surface area contributed by atoms with Gasteiger partial charge in [0.2, 0.25) is 0 Å². The number of aromatic nitrogens is 1. The molecule has 6 aliphatic carbocycles. The molecule has 7 atom stereocenters. The average molecular weight is 873 g/mol. The molecule has 5 fully saturated rings. The molecule has 6 bridgehead atoms. The highest BCUT2D eigenvalue weighted by Gasteiger charge is 2.69. The predicted octanol–water partition coefficient (Wildman–Crippen LogP) is 17.2. The summed E-state index contributed by atoms with van der Waals surface area (Å²) in [7, 11) is 0. The maximum absolute atomic E-state index is 2.55. The second-order valence-corrected chi connectivity index (χ2v) is 20.8. The van der Waals surface area contributed by atoms with E-state index in [1.165, 1.54) is 98.4 Å². The van der Waals surface area contributed by atoms with E-state index in [9.17, 15) is 0 Å². The van der Waals surface area contributed by atoms with E-state index in [1.807, 2.05) is 0 Å². The van der Waals surface area contributed by atoms with Crippen molar-refractivity contribution in [2.45, 2.75) is 37.5 Å². The number of anilines is 3. The minimum atomic E-state index is 0.181. The van der Waals surface area contributed by atoms with Crippen LogP contribution >= 0.6 is 0 Å². The smallest absolute Gasteiger partial charge is 0.0541 e. The predicted molar refractivity (Wildman–Crippen MR) is 282 cm³/mol. The van der Waals surface area contributed by atoms with Crippen molar-refractivity contribution >= 4 is 38.9 Å². The Balaban J connectivity index is 0.775. The van der Waals surface area contributed by atoms with Crippen molar-refractivity contribution in [2.24, 2.45) is 35.5 Å². The van der Waals surface area contributed by atoms with Crippen molar-refractivity contribution < 1.29 is 0 Å². The molecule has 7 unspecified atom stereocenters. The Kier molecular flexibility index (Phi) is 8.41. The molecule has 1 spiro atoms. The topological polar surface area (TPSA) is 8.17 Å². The molecule has 326 valence electrons. The number of hydrogen-bond donors (Lipinski definition) is 0. The van der Waals surface area contributed by atoms with E-state index in [4.69, 9.17) is 0 Å². The van der Waals surface area contributed by atoms with E-state index in [1.54, 1.807) is 11.1 Å². The van der Waals surface area contributed by atoms with Crippen LogP contribution in [-0.4, -0.2) is 4.57 Å². The van der Waals surface area contributed by atoms with Crippen LogP contribution in [0.3, 0.4) is 0 Å². The van der Waals surface area contributed by atoms with E-state index < -0.39 is 0 Å². The lowest BCUT2D eigenvalue weighted by atomic mass is 9.53. The highest BCUT2D eigenvalue weighted by atomic mass is 15.1. The van der Waals surface area contributed by atoms with E-state index >= 15 is 0 Å². The standard InChI is InChI=1S/C66H52N2/c1-2-11-42(12-3-1)44-26-31-50(32-27-44)67(52-35-37-53(38-36-52)68-62-19-8-5-13-55(62)56-14-6-9-20-63(56)68)51-33-28-45(29-34-51)43-21-23-46(24-22-43)54-16-10-18-60-65(54)57-15-4-7-17-59(57)66(60)49-30-25-47-39-48-40-61(66)64(47)58(48)41-49/h1-24,26-29,31-38,47-49,58,61,64H,25,30,39-41H2. The summed E-state index contributed by atoms with van der Waals surface area (Å²) in [5, 5.41) is 2.54. The lowest BCUT2D eigenvalue weighted by molar-refractivity contribution is 0.0924. The summed E-state index contributed by atoms with van der Waals surface area (Å²) in [5.41, 5.74) is 21.0. The van der Waals surface area contributed by atoms with E-state index in [0.717, 1.165) is 58.3 Å². The Morgan fingerprint density at radius 3 is 1.60 bits per heavy atom. The Labute approximate surface area is 399 Å². The van der Waals surface area contributed by atoms with Gasteiger partial charge in [0.25, 0.3) is 0 Å². The van der Waals surface area contributed by atoms with Crippen LogP contribution < -0.4 is 4.90 Å². The zero-order valence-electron chi connectivity index (χ0n) is 38.2. The van der Waals surface area contributed by atoms with Crippen molar-refractivity contribution in [1.82, 2.24) is 4.57 Å². The van der Waals surface area contributed by atoms with Gasteiger partial charge >= 0.3 is 0 Å². The second kappa shape index (κ2) is 14.8. The van der Waals surface area contributed by atoms with Gasteiger partial charge < -0.3 is 9.47 Å². The van der Waals surface area contributed by atoms with Crippen LogP contribution in [0.15, 0.2) is 218 Å². The second-order valence-electron chi connectivity index (χ2n) is 20.8. The fourth-order valence-electron chi connectivity index (χ4n) is 15.4. The van der Waals surface area contributed by atoms with E-state index in [0.29, 0.717) is 0 Å². The van der Waals surface area contributed by atoms with Crippen LogP contribution in [0.5, 0.6) is 0 Å². The Hall–Kier alpha value is -7.42. The quantitative estimate of drug-likeness (QED) is 0.155. The van der Waals surface area contributed by atoms with Gasteiger partial charge in [0.15, 0.2) is 0 Å². The molecule has 1 heterocycles. The molecule has 5 saturated carbocycles. The maximum atomic E-state index is 2.55. The normalized spacial score (nSPS) is 23.6. The number of para-hydroxylation sites is 2. The van der Waals surface area contributed by atoms with Gasteiger partial charge in [-0.05, 0) is 184 Å². The van der Waals surface area contributed by atoms with Gasteiger partial charge in [-0.1, -0.05) is 158 Å². The first-order chi connectivity index (χ1) is 33.7. The van der Waals surface area contributed by atoms with E-state index in [-0.39, 0.29) is 5.41 Å². The number of hydrogen-bond acceptors (Lipinski definition) is 1. The number of fused-ring (bicyclic) bond motifs is 7. The molecule has 0 saturated heterocycles. The molecule has 0 radical (unpaired) electrons. The van der Waals surface area contributed by atoms with Gasteiger partial charge in [0, 0.05) is 38.9 Å². The monoisotopic (exact) mass is 872 g/mol. The summed E-state index contributed by atoms with van der Waals surface area (Å²) in [5.74, 6) is 5.42. The SMILES string of the molecule is c1ccc(-c2ccc(N(c3ccc(-c4ccc(-c5cccc6c5-c5ccccc5C65C6CCC7CC8CC5C7C8C6)cc4)cc3)c3ccc(-n4c5ccccc5c5ccccc54)cc3)cc2)cc1.